The van der Waals surface area contributed by atoms with E-state index in [1.807, 2.05) is 23.6 Å². The zero-order valence-corrected chi connectivity index (χ0v) is 15.3. The summed E-state index contributed by atoms with van der Waals surface area (Å²) in [6, 6.07) is 5.97. The summed E-state index contributed by atoms with van der Waals surface area (Å²) in [4.78, 5) is 14.9. The Bertz CT molecular complexity index is 691. The van der Waals surface area contributed by atoms with E-state index in [4.69, 9.17) is 14.5 Å². The third kappa shape index (κ3) is 4.29. The Kier molecular flexibility index (Phi) is 5.58. The monoisotopic (exact) mass is 374 g/mol. The van der Waals surface area contributed by atoms with Gasteiger partial charge in [0, 0.05) is 37.1 Å². The Labute approximate surface area is 156 Å². The second kappa shape index (κ2) is 8.43. The van der Waals surface area contributed by atoms with E-state index in [1.54, 1.807) is 17.6 Å². The molecule has 0 unspecified atom stereocenters. The lowest BCUT2D eigenvalue weighted by molar-refractivity contribution is 0.121. The van der Waals surface area contributed by atoms with Crippen LogP contribution in [0.2, 0.25) is 0 Å². The third-order valence-electron chi connectivity index (χ3n) is 4.24. The summed E-state index contributed by atoms with van der Waals surface area (Å²) in [5, 5.41) is 6.34. The van der Waals surface area contributed by atoms with Crippen molar-refractivity contribution in [2.75, 3.05) is 67.8 Å². The molecular formula is C17H22N6O2S. The van der Waals surface area contributed by atoms with Crippen molar-refractivity contribution in [2.45, 2.75) is 0 Å². The normalized spacial score (nSPS) is 18.5. The van der Waals surface area contributed by atoms with E-state index in [0.29, 0.717) is 25.0 Å². The van der Waals surface area contributed by atoms with Crippen LogP contribution in [0.3, 0.4) is 0 Å². The lowest BCUT2D eigenvalue weighted by atomic mass is 10.4. The molecule has 4 rings (SSSR count). The van der Waals surface area contributed by atoms with Crippen molar-refractivity contribution in [3.63, 3.8) is 0 Å². The number of hydrogen-bond donors (Lipinski definition) is 1. The highest BCUT2D eigenvalue weighted by molar-refractivity contribution is 7.11. The molecule has 2 saturated heterocycles. The predicted octanol–water partition coefficient (Wildman–Crippen LogP) is 1.66. The molecule has 0 spiro atoms. The second-order valence-corrected chi connectivity index (χ2v) is 6.97. The molecule has 2 aromatic rings. The molecule has 9 heteroatoms. The second-order valence-electron chi connectivity index (χ2n) is 6.00. The highest BCUT2D eigenvalue weighted by atomic mass is 32.1. The quantitative estimate of drug-likeness (QED) is 0.630. The van der Waals surface area contributed by atoms with Crippen molar-refractivity contribution in [2.24, 2.45) is 5.10 Å². The number of rotatable bonds is 5. The summed E-state index contributed by atoms with van der Waals surface area (Å²) in [5.74, 6) is 2.31. The minimum atomic E-state index is 0.691. The number of thiophene rings is 1. The van der Waals surface area contributed by atoms with Gasteiger partial charge in [0.2, 0.25) is 5.95 Å². The SMILES string of the molecule is C(=NNc1cc(N2CCOCC2)nc(N2CCOCC2)n1)c1cccs1. The van der Waals surface area contributed by atoms with Gasteiger partial charge in [0.05, 0.1) is 32.6 Å². The van der Waals surface area contributed by atoms with E-state index in [1.165, 1.54) is 0 Å². The van der Waals surface area contributed by atoms with Gasteiger partial charge in [-0.3, -0.25) is 5.43 Å². The van der Waals surface area contributed by atoms with Crippen LogP contribution in [0.5, 0.6) is 0 Å². The molecule has 138 valence electrons. The standard InChI is InChI=1S/C17H22N6O2S/c1-2-14(26-11-1)13-18-21-15-12-16(22-3-7-24-8-4-22)20-17(19-15)23-5-9-25-10-6-23/h1-2,11-13H,3-10H2,(H,19,20,21). The molecule has 4 heterocycles. The van der Waals surface area contributed by atoms with Crippen LogP contribution in [0.25, 0.3) is 0 Å². The number of anilines is 3. The Morgan fingerprint density at radius 1 is 1.04 bits per heavy atom. The van der Waals surface area contributed by atoms with Crippen LogP contribution in [0, 0.1) is 0 Å². The maximum absolute atomic E-state index is 5.45. The highest BCUT2D eigenvalue weighted by Crippen LogP contribution is 2.22. The summed E-state index contributed by atoms with van der Waals surface area (Å²) < 4.78 is 10.9. The molecule has 26 heavy (non-hydrogen) atoms. The van der Waals surface area contributed by atoms with Gasteiger partial charge >= 0.3 is 0 Å². The van der Waals surface area contributed by atoms with Gasteiger partial charge in [0.25, 0.3) is 0 Å². The van der Waals surface area contributed by atoms with E-state index >= 15 is 0 Å². The van der Waals surface area contributed by atoms with Crippen molar-refractivity contribution in [3.05, 3.63) is 28.5 Å². The number of hydrazone groups is 1. The van der Waals surface area contributed by atoms with Crippen LogP contribution < -0.4 is 15.2 Å². The molecule has 1 N–H and O–H groups in total. The first kappa shape index (κ1) is 17.2. The van der Waals surface area contributed by atoms with Crippen LogP contribution in [-0.4, -0.2) is 68.8 Å². The lowest BCUT2D eigenvalue weighted by Crippen LogP contribution is -2.39. The van der Waals surface area contributed by atoms with E-state index in [9.17, 15) is 0 Å². The van der Waals surface area contributed by atoms with E-state index in [2.05, 4.69) is 25.3 Å². The number of ether oxygens (including phenoxy) is 2. The Morgan fingerprint density at radius 2 is 1.77 bits per heavy atom. The Morgan fingerprint density at radius 3 is 2.46 bits per heavy atom. The van der Waals surface area contributed by atoms with Crippen molar-refractivity contribution in [3.8, 4) is 0 Å². The molecule has 0 amide bonds. The van der Waals surface area contributed by atoms with Crippen LogP contribution in [-0.2, 0) is 9.47 Å². The fourth-order valence-electron chi connectivity index (χ4n) is 2.87. The molecule has 0 atom stereocenters. The fraction of sp³-hybridized carbons (Fsp3) is 0.471. The summed E-state index contributed by atoms with van der Waals surface area (Å²) in [6.07, 6.45) is 1.80. The van der Waals surface area contributed by atoms with Gasteiger partial charge in [-0.1, -0.05) is 6.07 Å². The van der Waals surface area contributed by atoms with Crippen LogP contribution in [0.4, 0.5) is 17.6 Å². The van der Waals surface area contributed by atoms with Crippen molar-refractivity contribution in [1.29, 1.82) is 0 Å². The Balaban J connectivity index is 1.56. The van der Waals surface area contributed by atoms with Gasteiger partial charge in [-0.2, -0.15) is 15.1 Å². The van der Waals surface area contributed by atoms with Crippen molar-refractivity contribution < 1.29 is 9.47 Å². The Hall–Kier alpha value is -2.23. The summed E-state index contributed by atoms with van der Waals surface area (Å²) in [6.45, 7) is 6.09. The molecule has 8 nitrogen and oxygen atoms in total. The molecule has 2 fully saturated rings. The zero-order chi connectivity index (χ0) is 17.6. The molecule has 0 bridgehead atoms. The van der Waals surface area contributed by atoms with Gasteiger partial charge in [0.1, 0.15) is 5.82 Å². The maximum atomic E-state index is 5.45. The van der Waals surface area contributed by atoms with Gasteiger partial charge in [0.15, 0.2) is 5.82 Å². The first-order valence-electron chi connectivity index (χ1n) is 8.75. The maximum Gasteiger partial charge on any atom is 0.229 e. The fourth-order valence-corrected chi connectivity index (χ4v) is 3.45. The largest absolute Gasteiger partial charge is 0.378 e. The zero-order valence-electron chi connectivity index (χ0n) is 14.5. The number of morpholine rings is 2. The van der Waals surface area contributed by atoms with E-state index < -0.39 is 0 Å². The smallest absolute Gasteiger partial charge is 0.229 e. The molecule has 0 radical (unpaired) electrons. The third-order valence-corrected chi connectivity index (χ3v) is 5.05. The average molecular weight is 374 g/mol. The predicted molar refractivity (Wildman–Crippen MR) is 104 cm³/mol. The van der Waals surface area contributed by atoms with Crippen molar-refractivity contribution in [1.82, 2.24) is 9.97 Å². The molecule has 2 aliphatic heterocycles. The van der Waals surface area contributed by atoms with Crippen LogP contribution >= 0.6 is 11.3 Å². The number of nitrogens with zero attached hydrogens (tertiary/aromatic N) is 5. The molecular weight excluding hydrogens is 352 g/mol. The first-order valence-corrected chi connectivity index (χ1v) is 9.63. The van der Waals surface area contributed by atoms with Gasteiger partial charge in [-0.25, -0.2) is 0 Å². The van der Waals surface area contributed by atoms with E-state index in [0.717, 1.165) is 50.1 Å². The first-order chi connectivity index (χ1) is 12.9. The number of nitrogens with one attached hydrogen (secondary N) is 1. The molecule has 0 aromatic carbocycles. The lowest BCUT2D eigenvalue weighted by Gasteiger charge is -2.31. The van der Waals surface area contributed by atoms with Crippen molar-refractivity contribution >= 4 is 35.1 Å². The molecule has 2 aliphatic rings. The minimum Gasteiger partial charge on any atom is -0.378 e. The van der Waals surface area contributed by atoms with Gasteiger partial charge < -0.3 is 19.3 Å². The summed E-state index contributed by atoms with van der Waals surface area (Å²) in [7, 11) is 0. The topological polar surface area (TPSA) is 75.1 Å². The van der Waals surface area contributed by atoms with Crippen LogP contribution in [0.1, 0.15) is 4.88 Å². The average Bonchev–Trinajstić information content (AvgIpc) is 3.23. The van der Waals surface area contributed by atoms with E-state index in [-0.39, 0.29) is 0 Å². The van der Waals surface area contributed by atoms with Gasteiger partial charge in [-0.05, 0) is 11.4 Å². The number of aromatic nitrogens is 2. The summed E-state index contributed by atoms with van der Waals surface area (Å²) in [5.41, 5.74) is 3.05. The molecule has 2 aromatic heterocycles. The minimum absolute atomic E-state index is 0.691. The molecule has 0 aliphatic carbocycles. The molecule has 0 saturated carbocycles. The summed E-state index contributed by atoms with van der Waals surface area (Å²) >= 11 is 1.64. The number of hydrogen-bond acceptors (Lipinski definition) is 9. The van der Waals surface area contributed by atoms with Crippen LogP contribution in [0.15, 0.2) is 28.7 Å². The highest BCUT2D eigenvalue weighted by Gasteiger charge is 2.19. The van der Waals surface area contributed by atoms with Gasteiger partial charge in [-0.15, -0.1) is 11.3 Å².